The van der Waals surface area contributed by atoms with Crippen LogP contribution < -0.4 is 0 Å². The summed E-state index contributed by atoms with van der Waals surface area (Å²) in [6.07, 6.45) is 3.83. The highest BCUT2D eigenvalue weighted by Gasteiger charge is 2.60. The monoisotopic (exact) mass is 236 g/mol. The maximum atomic E-state index is 11.1. The molecule has 2 atom stereocenters. The van der Waals surface area contributed by atoms with Crippen LogP contribution >= 0.6 is 11.6 Å². The zero-order valence-electron chi connectivity index (χ0n) is 8.87. The Labute approximate surface area is 99.2 Å². The van der Waals surface area contributed by atoms with Gasteiger partial charge in [-0.3, -0.25) is 4.79 Å². The summed E-state index contributed by atoms with van der Waals surface area (Å²) in [5.41, 5.74) is 2.28. The number of fused-ring (bicyclic) bond motifs is 2. The number of carboxylic acids is 1. The van der Waals surface area contributed by atoms with E-state index in [-0.39, 0.29) is 11.3 Å². The van der Waals surface area contributed by atoms with Gasteiger partial charge in [-0.15, -0.1) is 0 Å². The second-order valence-corrected chi connectivity index (χ2v) is 5.28. The summed E-state index contributed by atoms with van der Waals surface area (Å²) < 4.78 is 0. The van der Waals surface area contributed by atoms with E-state index in [4.69, 9.17) is 16.7 Å². The maximum absolute atomic E-state index is 11.1. The molecule has 0 saturated heterocycles. The summed E-state index contributed by atoms with van der Waals surface area (Å²) in [7, 11) is 0. The van der Waals surface area contributed by atoms with Crippen molar-refractivity contribution in [3.05, 3.63) is 34.3 Å². The highest BCUT2D eigenvalue weighted by Crippen LogP contribution is 2.60. The first-order valence-electron chi connectivity index (χ1n) is 5.66. The Morgan fingerprint density at radius 3 is 3.00 bits per heavy atom. The van der Waals surface area contributed by atoms with Gasteiger partial charge in [-0.2, -0.15) is 0 Å². The van der Waals surface area contributed by atoms with Crippen LogP contribution in [0.4, 0.5) is 0 Å². The van der Waals surface area contributed by atoms with Crippen molar-refractivity contribution in [2.24, 2.45) is 5.92 Å². The molecule has 1 saturated carbocycles. The third kappa shape index (κ3) is 1.23. The normalized spacial score (nSPS) is 31.2. The Balaban J connectivity index is 2.09. The summed E-state index contributed by atoms with van der Waals surface area (Å²) >= 11 is 6.18. The van der Waals surface area contributed by atoms with Gasteiger partial charge in [0.15, 0.2) is 0 Å². The van der Waals surface area contributed by atoms with E-state index < -0.39 is 5.97 Å². The highest BCUT2D eigenvalue weighted by molar-refractivity contribution is 6.31. The minimum absolute atomic E-state index is 0.0929. The van der Waals surface area contributed by atoms with Gasteiger partial charge in [-0.05, 0) is 42.9 Å². The van der Waals surface area contributed by atoms with Crippen molar-refractivity contribution in [3.63, 3.8) is 0 Å². The second kappa shape index (κ2) is 3.24. The van der Waals surface area contributed by atoms with Crippen molar-refractivity contribution < 1.29 is 9.90 Å². The zero-order chi connectivity index (χ0) is 11.3. The predicted molar refractivity (Wildman–Crippen MR) is 61.8 cm³/mol. The molecule has 2 unspecified atom stereocenters. The molecule has 1 aromatic carbocycles. The van der Waals surface area contributed by atoms with E-state index in [1.807, 2.05) is 12.1 Å². The molecule has 1 aromatic rings. The average molecular weight is 237 g/mol. The van der Waals surface area contributed by atoms with Crippen molar-refractivity contribution >= 4 is 17.6 Å². The molecular formula is C13H13ClO2. The number of hydrogen-bond acceptors (Lipinski definition) is 1. The smallest absolute Gasteiger partial charge is 0.307 e. The van der Waals surface area contributed by atoms with Crippen LogP contribution in [-0.2, 0) is 16.6 Å². The van der Waals surface area contributed by atoms with E-state index in [1.165, 1.54) is 11.1 Å². The molecule has 3 heteroatoms. The summed E-state index contributed by atoms with van der Waals surface area (Å²) in [4.78, 5) is 11.1. The van der Waals surface area contributed by atoms with Crippen LogP contribution in [0.2, 0.25) is 5.02 Å². The fourth-order valence-corrected chi connectivity index (χ4v) is 3.47. The molecule has 1 fully saturated rings. The lowest BCUT2D eigenvalue weighted by Crippen LogP contribution is -2.21. The minimum Gasteiger partial charge on any atom is -0.481 e. The average Bonchev–Trinajstić information content (AvgIpc) is 2.96. The van der Waals surface area contributed by atoms with Gasteiger partial charge in [-0.1, -0.05) is 23.7 Å². The van der Waals surface area contributed by atoms with Gasteiger partial charge in [0.05, 0.1) is 5.92 Å². The number of hydrogen-bond donors (Lipinski definition) is 1. The largest absolute Gasteiger partial charge is 0.481 e. The molecule has 2 nitrogen and oxygen atoms in total. The standard InChI is InChI=1S/C13H13ClO2/c14-11-5-1-4-9-8(11)3-2-6-13(9)7-10(13)12(15)16/h1,4-5,10H,2-3,6-7H2,(H,15,16). The SMILES string of the molecule is O=C(O)C1CC12CCCc1c(Cl)cccc12. The molecule has 2 aliphatic carbocycles. The third-order valence-electron chi connectivity index (χ3n) is 4.08. The molecule has 16 heavy (non-hydrogen) atoms. The molecule has 1 N–H and O–H groups in total. The Kier molecular flexibility index (Phi) is 2.05. The van der Waals surface area contributed by atoms with Crippen LogP contribution in [0.5, 0.6) is 0 Å². The molecule has 0 radical (unpaired) electrons. The second-order valence-electron chi connectivity index (χ2n) is 4.87. The van der Waals surface area contributed by atoms with Gasteiger partial charge in [0.2, 0.25) is 0 Å². The fraction of sp³-hybridized carbons (Fsp3) is 0.462. The van der Waals surface area contributed by atoms with Gasteiger partial charge in [-0.25, -0.2) is 0 Å². The molecule has 0 heterocycles. The predicted octanol–water partition coefficient (Wildman–Crippen LogP) is 3.02. The Hall–Kier alpha value is -1.02. The quantitative estimate of drug-likeness (QED) is 0.814. The molecule has 3 rings (SSSR count). The molecule has 0 aliphatic heterocycles. The number of carbonyl (C=O) groups is 1. The van der Waals surface area contributed by atoms with Crippen molar-refractivity contribution in [2.75, 3.05) is 0 Å². The van der Waals surface area contributed by atoms with E-state index in [1.54, 1.807) is 0 Å². The molecule has 0 aromatic heterocycles. The van der Waals surface area contributed by atoms with E-state index in [2.05, 4.69) is 6.07 Å². The van der Waals surface area contributed by atoms with Crippen LogP contribution in [0, 0.1) is 5.92 Å². The van der Waals surface area contributed by atoms with Crippen molar-refractivity contribution in [3.8, 4) is 0 Å². The van der Waals surface area contributed by atoms with E-state index in [9.17, 15) is 4.79 Å². The van der Waals surface area contributed by atoms with Crippen molar-refractivity contribution in [1.29, 1.82) is 0 Å². The Bertz CT molecular complexity index is 469. The van der Waals surface area contributed by atoms with Gasteiger partial charge in [0.25, 0.3) is 0 Å². The van der Waals surface area contributed by atoms with Crippen molar-refractivity contribution in [1.82, 2.24) is 0 Å². The lowest BCUT2D eigenvalue weighted by molar-refractivity contribution is -0.139. The molecular weight excluding hydrogens is 224 g/mol. The van der Waals surface area contributed by atoms with Gasteiger partial charge < -0.3 is 5.11 Å². The summed E-state index contributed by atoms with van der Waals surface area (Å²) in [6, 6.07) is 5.90. The van der Waals surface area contributed by atoms with Crippen LogP contribution in [0.1, 0.15) is 30.4 Å². The highest BCUT2D eigenvalue weighted by atomic mass is 35.5. The first kappa shape index (κ1) is 10.2. The van der Waals surface area contributed by atoms with Gasteiger partial charge in [0.1, 0.15) is 0 Å². The van der Waals surface area contributed by atoms with Crippen LogP contribution in [0.15, 0.2) is 18.2 Å². The first-order valence-corrected chi connectivity index (χ1v) is 6.03. The van der Waals surface area contributed by atoms with Gasteiger partial charge >= 0.3 is 5.97 Å². The molecule has 0 amide bonds. The Morgan fingerprint density at radius 2 is 2.31 bits per heavy atom. The Morgan fingerprint density at radius 1 is 1.50 bits per heavy atom. The summed E-state index contributed by atoms with van der Waals surface area (Å²) in [5, 5.41) is 9.93. The molecule has 84 valence electrons. The summed E-state index contributed by atoms with van der Waals surface area (Å²) in [5.74, 6) is -0.849. The lowest BCUT2D eigenvalue weighted by atomic mass is 9.78. The fourth-order valence-electron chi connectivity index (χ4n) is 3.20. The number of halogens is 1. The van der Waals surface area contributed by atoms with Crippen LogP contribution in [0.3, 0.4) is 0 Å². The summed E-state index contributed by atoms with van der Waals surface area (Å²) in [6.45, 7) is 0. The van der Waals surface area contributed by atoms with Crippen molar-refractivity contribution in [2.45, 2.75) is 31.1 Å². The number of benzene rings is 1. The van der Waals surface area contributed by atoms with E-state index >= 15 is 0 Å². The molecule has 0 bridgehead atoms. The molecule has 2 aliphatic rings. The number of aliphatic carboxylic acids is 1. The number of carboxylic acid groups (broad SMARTS) is 1. The van der Waals surface area contributed by atoms with Gasteiger partial charge in [0, 0.05) is 10.4 Å². The third-order valence-corrected chi connectivity index (χ3v) is 4.43. The molecule has 1 spiro atoms. The topological polar surface area (TPSA) is 37.3 Å². The van der Waals surface area contributed by atoms with E-state index in [0.717, 1.165) is 30.7 Å². The lowest BCUT2D eigenvalue weighted by Gasteiger charge is -2.26. The first-order chi connectivity index (χ1) is 7.65. The van der Waals surface area contributed by atoms with Crippen LogP contribution in [-0.4, -0.2) is 11.1 Å². The van der Waals surface area contributed by atoms with E-state index in [0.29, 0.717) is 0 Å². The zero-order valence-corrected chi connectivity index (χ0v) is 9.63. The van der Waals surface area contributed by atoms with Crippen LogP contribution in [0.25, 0.3) is 0 Å². The minimum atomic E-state index is -0.659. The number of rotatable bonds is 1. The maximum Gasteiger partial charge on any atom is 0.307 e.